The molecule has 0 saturated heterocycles. The molecule has 5 heteroatoms. The van der Waals surface area contributed by atoms with Crippen LogP contribution in [0.2, 0.25) is 0 Å². The highest BCUT2D eigenvalue weighted by molar-refractivity contribution is 7.07. The highest BCUT2D eigenvalue weighted by Crippen LogP contribution is 2.19. The van der Waals surface area contributed by atoms with E-state index in [2.05, 4.69) is 17.4 Å². The van der Waals surface area contributed by atoms with Crippen molar-refractivity contribution in [3.8, 4) is 0 Å². The van der Waals surface area contributed by atoms with Crippen molar-refractivity contribution in [2.75, 3.05) is 19.8 Å². The van der Waals surface area contributed by atoms with Crippen LogP contribution in [0.1, 0.15) is 30.1 Å². The third kappa shape index (κ3) is 6.52. The summed E-state index contributed by atoms with van der Waals surface area (Å²) in [5.41, 5.74) is 2.29. The topological polar surface area (TPSA) is 58.6 Å². The molecule has 1 heterocycles. The third-order valence-electron chi connectivity index (χ3n) is 3.52. The molecular formula is C18H23NO3S. The van der Waals surface area contributed by atoms with Crippen molar-refractivity contribution < 1.29 is 14.6 Å². The molecule has 0 aliphatic heterocycles. The maximum absolute atomic E-state index is 12.0. The Hall–Kier alpha value is -1.69. The maximum atomic E-state index is 12.0. The van der Waals surface area contributed by atoms with Gasteiger partial charge in [-0.15, -0.1) is 0 Å². The van der Waals surface area contributed by atoms with Crippen LogP contribution in [0, 0.1) is 0 Å². The number of benzene rings is 1. The van der Waals surface area contributed by atoms with E-state index in [9.17, 15) is 4.79 Å². The minimum Gasteiger partial charge on any atom is -0.394 e. The Bertz CT molecular complexity index is 557. The van der Waals surface area contributed by atoms with E-state index in [1.807, 2.05) is 35.0 Å². The summed E-state index contributed by atoms with van der Waals surface area (Å²) in [4.78, 5) is 12.0. The quantitative estimate of drug-likeness (QED) is 0.703. The summed E-state index contributed by atoms with van der Waals surface area (Å²) in [6.45, 7) is 0.678. The van der Waals surface area contributed by atoms with Gasteiger partial charge in [0.05, 0.1) is 13.2 Å². The minimum absolute atomic E-state index is 0.0222. The van der Waals surface area contributed by atoms with Crippen molar-refractivity contribution in [3.05, 3.63) is 58.3 Å². The van der Waals surface area contributed by atoms with Crippen LogP contribution in [-0.2, 0) is 16.0 Å². The molecule has 0 aliphatic rings. The van der Waals surface area contributed by atoms with Crippen LogP contribution in [0.4, 0.5) is 0 Å². The standard InChI is InChI=1S/C18H23NO3S/c20-10-11-22-17(16-9-12-23-14-16)13-19-18(21)8-4-7-15-5-2-1-3-6-15/h1-3,5-6,9,12,14,17,20H,4,7-8,10-11,13H2,(H,19,21)/t17-/m0/s1. The average Bonchev–Trinajstić information content (AvgIpc) is 3.10. The predicted octanol–water partition coefficient (Wildman–Crippen LogP) is 2.94. The fourth-order valence-corrected chi connectivity index (χ4v) is 3.02. The first-order valence-electron chi connectivity index (χ1n) is 7.85. The number of carbonyl (C=O) groups is 1. The minimum atomic E-state index is -0.202. The summed E-state index contributed by atoms with van der Waals surface area (Å²) in [6.07, 6.45) is 2.04. The van der Waals surface area contributed by atoms with Crippen molar-refractivity contribution in [1.82, 2.24) is 5.32 Å². The van der Waals surface area contributed by atoms with Crippen molar-refractivity contribution in [2.45, 2.75) is 25.4 Å². The van der Waals surface area contributed by atoms with Gasteiger partial charge in [0.25, 0.3) is 0 Å². The van der Waals surface area contributed by atoms with E-state index >= 15 is 0 Å². The summed E-state index contributed by atoms with van der Waals surface area (Å²) >= 11 is 1.59. The molecule has 1 atom stereocenters. The number of aliphatic hydroxyl groups is 1. The second kappa shape index (κ2) is 10.2. The molecule has 0 spiro atoms. The van der Waals surface area contributed by atoms with Gasteiger partial charge in [-0.1, -0.05) is 30.3 Å². The molecule has 1 aromatic carbocycles. The molecule has 2 rings (SSSR count). The number of carbonyl (C=O) groups excluding carboxylic acids is 1. The first-order chi connectivity index (χ1) is 11.3. The number of amides is 1. The molecule has 0 unspecified atom stereocenters. The largest absolute Gasteiger partial charge is 0.394 e. The summed E-state index contributed by atoms with van der Waals surface area (Å²) in [5.74, 6) is 0.0359. The van der Waals surface area contributed by atoms with Gasteiger partial charge in [-0.25, -0.2) is 0 Å². The summed E-state index contributed by atoms with van der Waals surface area (Å²) in [5, 5.41) is 15.8. The van der Waals surface area contributed by atoms with E-state index in [-0.39, 0.29) is 25.2 Å². The molecule has 0 radical (unpaired) electrons. The Balaban J connectivity index is 1.71. The third-order valence-corrected chi connectivity index (χ3v) is 4.22. The van der Waals surface area contributed by atoms with Crippen molar-refractivity contribution in [2.24, 2.45) is 0 Å². The molecule has 2 aromatic rings. The molecular weight excluding hydrogens is 310 g/mol. The zero-order chi connectivity index (χ0) is 16.3. The van der Waals surface area contributed by atoms with Gasteiger partial charge in [0.15, 0.2) is 0 Å². The Morgan fingerprint density at radius 3 is 2.78 bits per heavy atom. The highest BCUT2D eigenvalue weighted by Gasteiger charge is 2.13. The molecule has 0 aliphatic carbocycles. The van der Waals surface area contributed by atoms with E-state index in [1.54, 1.807) is 11.3 Å². The molecule has 124 valence electrons. The van der Waals surface area contributed by atoms with Gasteiger partial charge in [0, 0.05) is 13.0 Å². The van der Waals surface area contributed by atoms with Crippen LogP contribution >= 0.6 is 11.3 Å². The van der Waals surface area contributed by atoms with Gasteiger partial charge < -0.3 is 15.2 Å². The Morgan fingerprint density at radius 2 is 2.09 bits per heavy atom. The lowest BCUT2D eigenvalue weighted by Gasteiger charge is -2.17. The van der Waals surface area contributed by atoms with E-state index in [0.29, 0.717) is 13.0 Å². The Labute approximate surface area is 141 Å². The zero-order valence-electron chi connectivity index (χ0n) is 13.1. The van der Waals surface area contributed by atoms with Crippen molar-refractivity contribution >= 4 is 17.2 Å². The highest BCUT2D eigenvalue weighted by atomic mass is 32.1. The number of hydrogen-bond acceptors (Lipinski definition) is 4. The lowest BCUT2D eigenvalue weighted by molar-refractivity contribution is -0.121. The van der Waals surface area contributed by atoms with Crippen molar-refractivity contribution in [3.63, 3.8) is 0 Å². The summed E-state index contributed by atoms with van der Waals surface area (Å²) in [6, 6.07) is 12.2. The van der Waals surface area contributed by atoms with Crippen LogP contribution in [0.3, 0.4) is 0 Å². The summed E-state index contributed by atoms with van der Waals surface area (Å²) in [7, 11) is 0. The first-order valence-corrected chi connectivity index (χ1v) is 8.79. The molecule has 2 N–H and O–H groups in total. The van der Waals surface area contributed by atoms with Gasteiger partial charge in [0.1, 0.15) is 6.10 Å². The van der Waals surface area contributed by atoms with Gasteiger partial charge in [-0.3, -0.25) is 4.79 Å². The normalized spacial score (nSPS) is 12.0. The average molecular weight is 333 g/mol. The number of aliphatic hydroxyl groups excluding tert-OH is 1. The summed E-state index contributed by atoms with van der Waals surface area (Å²) < 4.78 is 5.60. The van der Waals surface area contributed by atoms with Crippen LogP contribution in [-0.4, -0.2) is 30.8 Å². The monoisotopic (exact) mass is 333 g/mol. The molecule has 0 fully saturated rings. The lowest BCUT2D eigenvalue weighted by atomic mass is 10.1. The van der Waals surface area contributed by atoms with Gasteiger partial charge in [-0.05, 0) is 40.8 Å². The van der Waals surface area contributed by atoms with Gasteiger partial charge in [-0.2, -0.15) is 11.3 Å². The zero-order valence-corrected chi connectivity index (χ0v) is 13.9. The van der Waals surface area contributed by atoms with Gasteiger partial charge >= 0.3 is 0 Å². The van der Waals surface area contributed by atoms with Crippen molar-refractivity contribution in [1.29, 1.82) is 0 Å². The number of nitrogens with one attached hydrogen (secondary N) is 1. The predicted molar refractivity (Wildman–Crippen MR) is 92.5 cm³/mol. The van der Waals surface area contributed by atoms with E-state index in [4.69, 9.17) is 9.84 Å². The molecule has 23 heavy (non-hydrogen) atoms. The van der Waals surface area contributed by atoms with Crippen LogP contribution in [0.5, 0.6) is 0 Å². The number of aryl methyl sites for hydroxylation is 1. The van der Waals surface area contributed by atoms with E-state index in [0.717, 1.165) is 18.4 Å². The smallest absolute Gasteiger partial charge is 0.220 e. The molecule has 0 saturated carbocycles. The second-order valence-electron chi connectivity index (χ2n) is 5.28. The second-order valence-corrected chi connectivity index (χ2v) is 6.06. The van der Waals surface area contributed by atoms with Crippen LogP contribution in [0.25, 0.3) is 0 Å². The molecule has 1 amide bonds. The maximum Gasteiger partial charge on any atom is 0.220 e. The SMILES string of the molecule is O=C(CCCc1ccccc1)NC[C@H](OCCO)c1ccsc1. The molecule has 4 nitrogen and oxygen atoms in total. The molecule has 1 aromatic heterocycles. The fraction of sp³-hybridized carbons (Fsp3) is 0.389. The lowest BCUT2D eigenvalue weighted by Crippen LogP contribution is -2.29. The van der Waals surface area contributed by atoms with E-state index in [1.165, 1.54) is 5.56 Å². The number of ether oxygens (including phenoxy) is 1. The Morgan fingerprint density at radius 1 is 1.26 bits per heavy atom. The fourth-order valence-electron chi connectivity index (χ4n) is 2.32. The molecule has 0 bridgehead atoms. The van der Waals surface area contributed by atoms with Gasteiger partial charge in [0.2, 0.25) is 5.91 Å². The Kier molecular flexibility index (Phi) is 7.80. The number of hydrogen-bond donors (Lipinski definition) is 2. The van der Waals surface area contributed by atoms with Crippen LogP contribution in [0.15, 0.2) is 47.2 Å². The first kappa shape index (κ1) is 17.7. The number of rotatable bonds is 10. The van der Waals surface area contributed by atoms with Crippen LogP contribution < -0.4 is 5.32 Å². The number of thiophene rings is 1. The van der Waals surface area contributed by atoms with E-state index < -0.39 is 0 Å².